The average molecular weight is 418 g/mol. The van der Waals surface area contributed by atoms with Crippen LogP contribution in [0, 0.1) is 12.8 Å². The van der Waals surface area contributed by atoms with Gasteiger partial charge in [-0.3, -0.25) is 9.88 Å². The molecule has 0 bridgehead atoms. The molecule has 1 aromatic heterocycles. The highest BCUT2D eigenvalue weighted by Crippen LogP contribution is 2.23. The number of piperidine rings is 1. The van der Waals surface area contributed by atoms with Crippen LogP contribution >= 0.6 is 0 Å². The van der Waals surface area contributed by atoms with E-state index in [0.29, 0.717) is 24.0 Å². The van der Waals surface area contributed by atoms with Gasteiger partial charge in [-0.1, -0.05) is 13.0 Å². The number of rotatable bonds is 9. The highest BCUT2D eigenvalue weighted by molar-refractivity contribution is 7.89. The Morgan fingerprint density at radius 1 is 1.24 bits per heavy atom. The van der Waals surface area contributed by atoms with Gasteiger partial charge in [0.15, 0.2) is 0 Å². The van der Waals surface area contributed by atoms with Gasteiger partial charge in [0, 0.05) is 25.5 Å². The third-order valence-corrected chi connectivity index (χ3v) is 6.74. The van der Waals surface area contributed by atoms with Gasteiger partial charge in [-0.15, -0.1) is 0 Å². The zero-order chi connectivity index (χ0) is 20.7. The van der Waals surface area contributed by atoms with Gasteiger partial charge in [-0.25, -0.2) is 13.1 Å². The maximum Gasteiger partial charge on any atom is 0.240 e. The van der Waals surface area contributed by atoms with Gasteiger partial charge >= 0.3 is 0 Å². The standard InChI is InChI=1S/C22H31N3O3S/c1-3-13-28-22-7-6-21(14-18(22)2)29(26,27)24-16-19-8-11-25(12-9-19)17-20-5-4-10-23-15-20/h4-7,10,14-15,19,24H,3,8-9,11-13,16-17H2,1-2H3. The van der Waals surface area contributed by atoms with E-state index in [-0.39, 0.29) is 0 Å². The van der Waals surface area contributed by atoms with E-state index in [2.05, 4.69) is 20.7 Å². The lowest BCUT2D eigenvalue weighted by Crippen LogP contribution is -2.38. The first-order valence-electron chi connectivity index (χ1n) is 10.3. The smallest absolute Gasteiger partial charge is 0.240 e. The Balaban J connectivity index is 1.49. The topological polar surface area (TPSA) is 71.5 Å². The SMILES string of the molecule is CCCOc1ccc(S(=O)(=O)NCC2CCN(Cc3cccnc3)CC2)cc1C. The van der Waals surface area contributed by atoms with Crippen molar-refractivity contribution in [2.75, 3.05) is 26.2 Å². The predicted molar refractivity (Wildman–Crippen MR) is 114 cm³/mol. The molecule has 2 heterocycles. The van der Waals surface area contributed by atoms with E-state index in [1.165, 1.54) is 5.56 Å². The Morgan fingerprint density at radius 2 is 2.03 bits per heavy atom. The van der Waals surface area contributed by atoms with Crippen molar-refractivity contribution in [3.63, 3.8) is 0 Å². The van der Waals surface area contributed by atoms with Gasteiger partial charge < -0.3 is 4.74 Å². The largest absolute Gasteiger partial charge is 0.493 e. The molecule has 1 aromatic carbocycles. The van der Waals surface area contributed by atoms with E-state index < -0.39 is 10.0 Å². The van der Waals surface area contributed by atoms with E-state index in [0.717, 1.165) is 50.2 Å². The summed E-state index contributed by atoms with van der Waals surface area (Å²) in [5, 5.41) is 0. The van der Waals surface area contributed by atoms with Crippen molar-refractivity contribution in [2.45, 2.75) is 44.6 Å². The van der Waals surface area contributed by atoms with Crippen molar-refractivity contribution in [1.82, 2.24) is 14.6 Å². The maximum atomic E-state index is 12.7. The molecule has 0 radical (unpaired) electrons. The van der Waals surface area contributed by atoms with Crippen molar-refractivity contribution < 1.29 is 13.2 Å². The molecule has 0 unspecified atom stereocenters. The zero-order valence-corrected chi connectivity index (χ0v) is 18.1. The fourth-order valence-corrected chi connectivity index (χ4v) is 4.77. The molecule has 0 atom stereocenters. The summed E-state index contributed by atoms with van der Waals surface area (Å²) in [6.45, 7) is 7.88. The summed E-state index contributed by atoms with van der Waals surface area (Å²) in [6, 6.07) is 9.10. The van der Waals surface area contributed by atoms with Crippen LogP contribution in [-0.4, -0.2) is 44.5 Å². The number of hydrogen-bond donors (Lipinski definition) is 1. The second-order valence-electron chi connectivity index (χ2n) is 7.71. The van der Waals surface area contributed by atoms with Gasteiger partial charge in [-0.05, 0) is 80.6 Å². The van der Waals surface area contributed by atoms with Crippen LogP contribution < -0.4 is 9.46 Å². The molecule has 3 rings (SSSR count). The Morgan fingerprint density at radius 3 is 2.69 bits per heavy atom. The van der Waals surface area contributed by atoms with Crippen molar-refractivity contribution in [1.29, 1.82) is 0 Å². The highest BCUT2D eigenvalue weighted by Gasteiger charge is 2.22. The molecule has 7 heteroatoms. The van der Waals surface area contributed by atoms with Crippen molar-refractivity contribution in [3.05, 3.63) is 53.9 Å². The second-order valence-corrected chi connectivity index (χ2v) is 9.48. The van der Waals surface area contributed by atoms with Crippen LogP contribution in [0.15, 0.2) is 47.6 Å². The Labute approximate surface area is 174 Å². The molecule has 6 nitrogen and oxygen atoms in total. The van der Waals surface area contributed by atoms with Crippen molar-refractivity contribution in [2.24, 2.45) is 5.92 Å². The van der Waals surface area contributed by atoms with Gasteiger partial charge in [0.05, 0.1) is 11.5 Å². The summed E-state index contributed by atoms with van der Waals surface area (Å²) in [5.41, 5.74) is 2.05. The van der Waals surface area contributed by atoms with Crippen LogP contribution in [0.2, 0.25) is 0 Å². The molecule has 29 heavy (non-hydrogen) atoms. The van der Waals surface area contributed by atoms with E-state index in [1.807, 2.05) is 26.1 Å². The van der Waals surface area contributed by atoms with E-state index >= 15 is 0 Å². The maximum absolute atomic E-state index is 12.7. The Bertz CT molecular complexity index is 879. The molecule has 0 aliphatic carbocycles. The third kappa shape index (κ3) is 6.26. The lowest BCUT2D eigenvalue weighted by molar-refractivity contribution is 0.178. The zero-order valence-electron chi connectivity index (χ0n) is 17.3. The minimum atomic E-state index is -3.51. The molecule has 158 valence electrons. The lowest BCUT2D eigenvalue weighted by Gasteiger charge is -2.31. The predicted octanol–water partition coefficient (Wildman–Crippen LogP) is 3.37. The van der Waals surface area contributed by atoms with Gasteiger partial charge in [0.25, 0.3) is 0 Å². The molecular formula is C22H31N3O3S. The van der Waals surface area contributed by atoms with Gasteiger partial charge in [0.2, 0.25) is 10.0 Å². The minimum absolute atomic E-state index is 0.299. The van der Waals surface area contributed by atoms with Crippen molar-refractivity contribution >= 4 is 10.0 Å². The fraction of sp³-hybridized carbons (Fsp3) is 0.500. The van der Waals surface area contributed by atoms with E-state index in [4.69, 9.17) is 4.74 Å². The molecule has 0 saturated carbocycles. The molecule has 0 spiro atoms. The number of pyridine rings is 1. The normalized spacial score (nSPS) is 16.1. The quantitative estimate of drug-likeness (QED) is 0.677. The summed E-state index contributed by atoms with van der Waals surface area (Å²) in [6.07, 6.45) is 6.59. The Kier molecular flexibility index (Phi) is 7.64. The first kappa shape index (κ1) is 21.7. The monoisotopic (exact) mass is 417 g/mol. The molecule has 1 aliphatic rings. The summed E-state index contributed by atoms with van der Waals surface area (Å²) < 4.78 is 33.8. The first-order chi connectivity index (χ1) is 14.0. The molecule has 1 saturated heterocycles. The second kappa shape index (κ2) is 10.2. The third-order valence-electron chi connectivity index (χ3n) is 5.32. The molecule has 1 aliphatic heterocycles. The number of benzene rings is 1. The number of nitrogens with one attached hydrogen (secondary N) is 1. The van der Waals surface area contributed by atoms with Crippen molar-refractivity contribution in [3.8, 4) is 5.75 Å². The summed E-state index contributed by atoms with van der Waals surface area (Å²) in [7, 11) is -3.51. The molecular weight excluding hydrogens is 386 g/mol. The summed E-state index contributed by atoms with van der Waals surface area (Å²) in [4.78, 5) is 6.87. The number of aromatic nitrogens is 1. The van der Waals surface area contributed by atoms with Gasteiger partial charge in [0.1, 0.15) is 5.75 Å². The molecule has 0 amide bonds. The first-order valence-corrected chi connectivity index (χ1v) is 11.8. The highest BCUT2D eigenvalue weighted by atomic mass is 32.2. The number of hydrogen-bond acceptors (Lipinski definition) is 5. The number of sulfonamides is 1. The number of nitrogens with zero attached hydrogens (tertiary/aromatic N) is 2. The Hall–Kier alpha value is -1.96. The van der Waals surface area contributed by atoms with Crippen LogP contribution in [0.25, 0.3) is 0 Å². The average Bonchev–Trinajstić information content (AvgIpc) is 2.73. The van der Waals surface area contributed by atoms with Crippen LogP contribution in [0.5, 0.6) is 5.75 Å². The van der Waals surface area contributed by atoms with Crippen LogP contribution in [0.3, 0.4) is 0 Å². The number of likely N-dealkylation sites (tertiary alicyclic amines) is 1. The molecule has 1 fully saturated rings. The summed E-state index contributed by atoms with van der Waals surface area (Å²) >= 11 is 0. The van der Waals surface area contributed by atoms with E-state index in [9.17, 15) is 8.42 Å². The number of aryl methyl sites for hydroxylation is 1. The van der Waals surface area contributed by atoms with Crippen LogP contribution in [0.4, 0.5) is 0 Å². The minimum Gasteiger partial charge on any atom is -0.493 e. The lowest BCUT2D eigenvalue weighted by atomic mass is 9.97. The van der Waals surface area contributed by atoms with Gasteiger partial charge in [-0.2, -0.15) is 0 Å². The van der Waals surface area contributed by atoms with Crippen LogP contribution in [-0.2, 0) is 16.6 Å². The molecule has 1 N–H and O–H groups in total. The van der Waals surface area contributed by atoms with E-state index in [1.54, 1.807) is 24.4 Å². The summed E-state index contributed by atoms with van der Waals surface area (Å²) in [5.74, 6) is 1.11. The fourth-order valence-electron chi connectivity index (χ4n) is 3.57. The van der Waals surface area contributed by atoms with Crippen LogP contribution in [0.1, 0.15) is 37.3 Å². The number of ether oxygens (including phenoxy) is 1. The molecule has 2 aromatic rings.